The van der Waals surface area contributed by atoms with Crippen LogP contribution in [0.1, 0.15) is 25.7 Å². The quantitative estimate of drug-likeness (QED) is 0.836. The highest BCUT2D eigenvalue weighted by Gasteiger charge is 2.19. The average Bonchev–Trinajstić information content (AvgIpc) is 2.20. The third kappa shape index (κ3) is 3.09. The second kappa shape index (κ2) is 5.02. The minimum atomic E-state index is -0.328. The molecule has 2 N–H and O–H groups in total. The van der Waals surface area contributed by atoms with Crippen molar-refractivity contribution in [3.8, 4) is 0 Å². The Balaban J connectivity index is 1.98. The van der Waals surface area contributed by atoms with E-state index in [2.05, 4.69) is 5.32 Å². The van der Waals surface area contributed by atoms with Crippen LogP contribution in [0.2, 0.25) is 5.02 Å². The maximum absolute atomic E-state index is 13.1. The zero-order valence-corrected chi connectivity index (χ0v) is 9.67. The zero-order chi connectivity index (χ0) is 11.5. The molecule has 0 atom stereocenters. The van der Waals surface area contributed by atoms with E-state index in [1.807, 2.05) is 0 Å². The molecular weight excluding hydrogens is 229 g/mol. The standard InChI is InChI=1S/C12H15ClFNO/c13-8-5-9(14)7-11(6-8)15-10-1-3-12(16)4-2-10/h5-7,10,12,15-16H,1-4H2. The normalized spacial score (nSPS) is 25.4. The van der Waals surface area contributed by atoms with Crippen LogP contribution in [0.15, 0.2) is 18.2 Å². The fourth-order valence-corrected chi connectivity index (χ4v) is 2.31. The largest absolute Gasteiger partial charge is 0.393 e. The van der Waals surface area contributed by atoms with Crippen molar-refractivity contribution < 1.29 is 9.50 Å². The van der Waals surface area contributed by atoms with Crippen LogP contribution in [0.4, 0.5) is 10.1 Å². The van der Waals surface area contributed by atoms with Crippen molar-refractivity contribution in [3.05, 3.63) is 29.0 Å². The molecule has 4 heteroatoms. The van der Waals surface area contributed by atoms with Crippen LogP contribution < -0.4 is 5.32 Å². The summed E-state index contributed by atoms with van der Waals surface area (Å²) in [5, 5.41) is 13.0. The third-order valence-corrected chi connectivity index (χ3v) is 3.15. The molecule has 88 valence electrons. The minimum Gasteiger partial charge on any atom is -0.393 e. The molecule has 0 unspecified atom stereocenters. The summed E-state index contributed by atoms with van der Waals surface area (Å²) in [5.41, 5.74) is 0.714. The molecule has 0 aromatic heterocycles. The number of hydrogen-bond acceptors (Lipinski definition) is 2. The molecule has 2 rings (SSSR count). The highest BCUT2D eigenvalue weighted by atomic mass is 35.5. The van der Waals surface area contributed by atoms with E-state index in [-0.39, 0.29) is 11.9 Å². The molecule has 0 aliphatic heterocycles. The summed E-state index contributed by atoms with van der Waals surface area (Å²) < 4.78 is 13.1. The molecule has 1 saturated carbocycles. The highest BCUT2D eigenvalue weighted by Crippen LogP contribution is 2.24. The predicted molar refractivity (Wildman–Crippen MR) is 63.3 cm³/mol. The SMILES string of the molecule is OC1CCC(Nc2cc(F)cc(Cl)c2)CC1. The molecule has 1 aromatic carbocycles. The Hall–Kier alpha value is -0.800. The number of aliphatic hydroxyl groups is 1. The first-order valence-electron chi connectivity index (χ1n) is 5.54. The summed E-state index contributed by atoms with van der Waals surface area (Å²) in [6.45, 7) is 0. The minimum absolute atomic E-state index is 0.172. The molecule has 0 amide bonds. The van der Waals surface area contributed by atoms with Gasteiger partial charge in [0.1, 0.15) is 5.82 Å². The first kappa shape index (κ1) is 11.7. The molecule has 0 radical (unpaired) electrons. The summed E-state index contributed by atoms with van der Waals surface area (Å²) in [5.74, 6) is -0.328. The van der Waals surface area contributed by atoms with E-state index < -0.39 is 0 Å². The lowest BCUT2D eigenvalue weighted by atomic mass is 9.93. The van der Waals surface area contributed by atoms with Gasteiger partial charge in [0.15, 0.2) is 0 Å². The van der Waals surface area contributed by atoms with Crippen LogP contribution in [0.25, 0.3) is 0 Å². The second-order valence-corrected chi connectivity index (χ2v) is 4.74. The number of benzene rings is 1. The number of halogens is 2. The van der Waals surface area contributed by atoms with Gasteiger partial charge in [-0.2, -0.15) is 0 Å². The summed E-state index contributed by atoms with van der Waals surface area (Å²) in [6, 6.07) is 4.76. The van der Waals surface area contributed by atoms with Crippen LogP contribution in [0.3, 0.4) is 0 Å². The van der Waals surface area contributed by atoms with E-state index >= 15 is 0 Å². The van der Waals surface area contributed by atoms with Gasteiger partial charge < -0.3 is 10.4 Å². The third-order valence-electron chi connectivity index (χ3n) is 2.93. The van der Waals surface area contributed by atoms with Crippen LogP contribution in [-0.2, 0) is 0 Å². The van der Waals surface area contributed by atoms with Gasteiger partial charge in [-0.1, -0.05) is 11.6 Å². The Morgan fingerprint density at radius 2 is 1.88 bits per heavy atom. The summed E-state index contributed by atoms with van der Waals surface area (Å²) >= 11 is 5.77. The van der Waals surface area contributed by atoms with Crippen molar-refractivity contribution in [1.82, 2.24) is 0 Å². The first-order valence-corrected chi connectivity index (χ1v) is 5.92. The molecule has 1 aromatic rings. The van der Waals surface area contributed by atoms with Gasteiger partial charge in [-0.05, 0) is 43.9 Å². The molecule has 0 spiro atoms. The highest BCUT2D eigenvalue weighted by molar-refractivity contribution is 6.30. The molecule has 1 aliphatic rings. The zero-order valence-electron chi connectivity index (χ0n) is 8.92. The number of aliphatic hydroxyl groups excluding tert-OH is 1. The summed E-state index contributed by atoms with van der Waals surface area (Å²) in [6.07, 6.45) is 3.26. The van der Waals surface area contributed by atoms with Gasteiger partial charge in [-0.25, -0.2) is 4.39 Å². The molecule has 16 heavy (non-hydrogen) atoms. The van der Waals surface area contributed by atoms with Gasteiger partial charge in [0.25, 0.3) is 0 Å². The van der Waals surface area contributed by atoms with Crippen molar-refractivity contribution in [2.45, 2.75) is 37.8 Å². The molecule has 0 heterocycles. The number of nitrogens with one attached hydrogen (secondary N) is 1. The van der Waals surface area contributed by atoms with Crippen molar-refractivity contribution in [2.24, 2.45) is 0 Å². The number of hydrogen-bond donors (Lipinski definition) is 2. The fourth-order valence-electron chi connectivity index (χ4n) is 2.09. The Morgan fingerprint density at radius 3 is 2.50 bits per heavy atom. The average molecular weight is 244 g/mol. The topological polar surface area (TPSA) is 32.3 Å². The van der Waals surface area contributed by atoms with Gasteiger partial charge in [0.2, 0.25) is 0 Å². The molecule has 2 nitrogen and oxygen atoms in total. The number of rotatable bonds is 2. The van der Waals surface area contributed by atoms with E-state index in [1.54, 1.807) is 6.07 Å². The van der Waals surface area contributed by atoms with Gasteiger partial charge in [-0.15, -0.1) is 0 Å². The number of anilines is 1. The van der Waals surface area contributed by atoms with E-state index in [4.69, 9.17) is 11.6 Å². The lowest BCUT2D eigenvalue weighted by Crippen LogP contribution is -2.28. The smallest absolute Gasteiger partial charge is 0.126 e. The van der Waals surface area contributed by atoms with Gasteiger partial charge in [-0.3, -0.25) is 0 Å². The molecule has 1 fully saturated rings. The second-order valence-electron chi connectivity index (χ2n) is 4.31. The Morgan fingerprint density at radius 1 is 1.19 bits per heavy atom. The maximum Gasteiger partial charge on any atom is 0.126 e. The van der Waals surface area contributed by atoms with E-state index in [9.17, 15) is 9.50 Å². The fraction of sp³-hybridized carbons (Fsp3) is 0.500. The van der Waals surface area contributed by atoms with Crippen molar-refractivity contribution >= 4 is 17.3 Å². The lowest BCUT2D eigenvalue weighted by Gasteiger charge is -2.27. The Kier molecular flexibility index (Phi) is 3.66. The molecule has 1 aliphatic carbocycles. The van der Waals surface area contributed by atoms with E-state index in [0.717, 1.165) is 25.7 Å². The Labute approximate surface area is 99.4 Å². The van der Waals surface area contributed by atoms with Crippen molar-refractivity contribution in [2.75, 3.05) is 5.32 Å². The summed E-state index contributed by atoms with van der Waals surface area (Å²) in [7, 11) is 0. The predicted octanol–water partition coefficient (Wildman–Crippen LogP) is 3.19. The van der Waals surface area contributed by atoms with Crippen LogP contribution in [0.5, 0.6) is 0 Å². The molecular formula is C12H15ClFNO. The van der Waals surface area contributed by atoms with Crippen LogP contribution in [-0.4, -0.2) is 17.3 Å². The summed E-state index contributed by atoms with van der Waals surface area (Å²) in [4.78, 5) is 0. The maximum atomic E-state index is 13.1. The lowest BCUT2D eigenvalue weighted by molar-refractivity contribution is 0.126. The first-order chi connectivity index (χ1) is 7.63. The molecule has 0 bridgehead atoms. The van der Waals surface area contributed by atoms with E-state index in [1.165, 1.54) is 12.1 Å². The van der Waals surface area contributed by atoms with Crippen molar-refractivity contribution in [3.63, 3.8) is 0 Å². The van der Waals surface area contributed by atoms with E-state index in [0.29, 0.717) is 16.8 Å². The monoisotopic (exact) mass is 243 g/mol. The van der Waals surface area contributed by atoms with Gasteiger partial charge >= 0.3 is 0 Å². The Bertz CT molecular complexity index is 344. The van der Waals surface area contributed by atoms with Gasteiger partial charge in [0.05, 0.1) is 6.10 Å². The van der Waals surface area contributed by atoms with Crippen molar-refractivity contribution in [1.29, 1.82) is 0 Å². The van der Waals surface area contributed by atoms with Crippen LogP contribution >= 0.6 is 11.6 Å². The molecule has 0 saturated heterocycles. The van der Waals surface area contributed by atoms with Crippen LogP contribution in [0, 0.1) is 5.82 Å². The van der Waals surface area contributed by atoms with Gasteiger partial charge in [0, 0.05) is 16.8 Å².